The Balaban J connectivity index is 1.10. The summed E-state index contributed by atoms with van der Waals surface area (Å²) in [5.41, 5.74) is 2.91. The lowest BCUT2D eigenvalue weighted by Gasteiger charge is -2.40. The van der Waals surface area contributed by atoms with E-state index in [4.69, 9.17) is 25.8 Å². The second-order valence-corrected chi connectivity index (χ2v) is 10.4. The maximum absolute atomic E-state index is 12.3. The maximum Gasteiger partial charge on any atom is 0.317 e. The van der Waals surface area contributed by atoms with E-state index < -0.39 is 5.79 Å². The number of nitrogens with zero attached hydrogens (tertiary/aromatic N) is 4. The lowest BCUT2D eigenvalue weighted by atomic mass is 10.0. The van der Waals surface area contributed by atoms with Gasteiger partial charge in [-0.15, -0.1) is 0 Å². The molecule has 0 spiro atoms. The Kier molecular flexibility index (Phi) is 9.40. The number of benzene rings is 2. The number of piperazine rings is 1. The zero-order valence-electron chi connectivity index (χ0n) is 23.0. The lowest BCUT2D eigenvalue weighted by Crippen LogP contribution is -2.53. The standard InChI is InChI=1S/C29H35ClN6O5/c1-31-27(37)16-33-28(38)36-14-12-35(13-15-36)23-8-6-22(7-9-23)17-39-24-18-40-29(41-19-24,20-34-11-10-32-21-34)25-4-2-3-5-26(25)30/h2-11,21,24H,12-20H2,1H3,(H,31,37)(H,33,38). The van der Waals surface area contributed by atoms with Crippen molar-refractivity contribution in [3.8, 4) is 0 Å². The number of carbonyl (C=O) groups excluding carboxylic acids is 2. The molecule has 5 rings (SSSR count). The monoisotopic (exact) mass is 582 g/mol. The second-order valence-electron chi connectivity index (χ2n) is 10.00. The molecule has 12 heteroatoms. The van der Waals surface area contributed by atoms with Crippen LogP contribution in [0.2, 0.25) is 5.02 Å². The molecular weight excluding hydrogens is 548 g/mol. The van der Waals surface area contributed by atoms with E-state index in [2.05, 4.69) is 44.8 Å². The lowest BCUT2D eigenvalue weighted by molar-refractivity contribution is -0.313. The summed E-state index contributed by atoms with van der Waals surface area (Å²) in [6.45, 7) is 4.14. The Morgan fingerprint density at radius 1 is 1.07 bits per heavy atom. The molecule has 2 aliphatic rings. The zero-order valence-corrected chi connectivity index (χ0v) is 23.8. The van der Waals surface area contributed by atoms with Gasteiger partial charge in [0.25, 0.3) is 0 Å². The van der Waals surface area contributed by atoms with Gasteiger partial charge in [-0.3, -0.25) is 4.79 Å². The number of imidazole rings is 1. The van der Waals surface area contributed by atoms with E-state index >= 15 is 0 Å². The van der Waals surface area contributed by atoms with Crippen molar-refractivity contribution in [3.05, 3.63) is 83.4 Å². The van der Waals surface area contributed by atoms with Crippen LogP contribution in [-0.4, -0.2) is 85.5 Å². The van der Waals surface area contributed by atoms with Crippen molar-refractivity contribution in [3.63, 3.8) is 0 Å². The van der Waals surface area contributed by atoms with Crippen LogP contribution in [0.3, 0.4) is 0 Å². The fraction of sp³-hybridized carbons (Fsp3) is 0.414. The Morgan fingerprint density at radius 2 is 1.80 bits per heavy atom. The number of likely N-dealkylation sites (N-methyl/N-ethyl adjacent to an activating group) is 1. The summed E-state index contributed by atoms with van der Waals surface area (Å²) in [5, 5.41) is 5.72. The third kappa shape index (κ3) is 7.17. The smallest absolute Gasteiger partial charge is 0.317 e. The van der Waals surface area contributed by atoms with Crippen LogP contribution in [0.5, 0.6) is 0 Å². The number of urea groups is 1. The Labute approximate surface area is 244 Å². The number of hydrogen-bond donors (Lipinski definition) is 2. The fourth-order valence-electron chi connectivity index (χ4n) is 4.90. The van der Waals surface area contributed by atoms with Gasteiger partial charge >= 0.3 is 6.03 Å². The van der Waals surface area contributed by atoms with Gasteiger partial charge in [0.15, 0.2) is 0 Å². The van der Waals surface area contributed by atoms with E-state index in [9.17, 15) is 9.59 Å². The van der Waals surface area contributed by atoms with Gasteiger partial charge in [0, 0.05) is 61.9 Å². The van der Waals surface area contributed by atoms with Crippen LogP contribution in [0.25, 0.3) is 0 Å². The molecule has 0 atom stereocenters. The highest BCUT2D eigenvalue weighted by Gasteiger charge is 2.41. The van der Waals surface area contributed by atoms with E-state index in [0.29, 0.717) is 57.6 Å². The number of halogens is 1. The van der Waals surface area contributed by atoms with Crippen molar-refractivity contribution in [2.45, 2.75) is 25.0 Å². The molecule has 3 amide bonds. The molecule has 0 radical (unpaired) electrons. The molecule has 3 aromatic rings. The minimum Gasteiger partial charge on any atom is -0.369 e. The number of rotatable bonds is 9. The van der Waals surface area contributed by atoms with Gasteiger partial charge in [0.2, 0.25) is 11.7 Å². The third-order valence-electron chi connectivity index (χ3n) is 7.27. The Hall–Kier alpha value is -3.64. The Morgan fingerprint density at radius 3 is 2.46 bits per heavy atom. The Bertz CT molecular complexity index is 1290. The van der Waals surface area contributed by atoms with E-state index in [1.807, 2.05) is 35.0 Å². The normalized spacial score (nSPS) is 21.0. The van der Waals surface area contributed by atoms with Gasteiger partial charge in [-0.25, -0.2) is 9.78 Å². The zero-order chi connectivity index (χ0) is 28.7. The molecule has 3 heterocycles. The first-order chi connectivity index (χ1) is 20.0. The third-order valence-corrected chi connectivity index (χ3v) is 7.60. The number of nitrogens with one attached hydrogen (secondary N) is 2. The fourth-order valence-corrected chi connectivity index (χ4v) is 5.18. The summed E-state index contributed by atoms with van der Waals surface area (Å²) in [6.07, 6.45) is 5.08. The predicted molar refractivity (Wildman–Crippen MR) is 154 cm³/mol. The number of ether oxygens (including phenoxy) is 3. The van der Waals surface area contributed by atoms with Crippen LogP contribution in [0.15, 0.2) is 67.3 Å². The van der Waals surface area contributed by atoms with Crippen molar-refractivity contribution >= 4 is 29.2 Å². The molecule has 0 unspecified atom stereocenters. The number of amides is 3. The van der Waals surface area contributed by atoms with E-state index in [-0.39, 0.29) is 24.6 Å². The molecule has 0 saturated carbocycles. The number of hydrogen-bond acceptors (Lipinski definition) is 7. The van der Waals surface area contributed by atoms with Crippen LogP contribution >= 0.6 is 11.6 Å². The SMILES string of the molecule is CNC(=O)CNC(=O)N1CCN(c2ccc(COC3COC(Cn4ccnc4)(c4ccccc4Cl)OC3)cc2)CC1. The van der Waals surface area contributed by atoms with E-state index in [0.717, 1.165) is 16.8 Å². The molecule has 2 N–H and O–H groups in total. The molecular formula is C29H35ClN6O5. The maximum atomic E-state index is 12.3. The van der Waals surface area contributed by atoms with Crippen LogP contribution in [-0.2, 0) is 37.9 Å². The highest BCUT2D eigenvalue weighted by Crippen LogP contribution is 2.37. The summed E-state index contributed by atoms with van der Waals surface area (Å²) in [6, 6.07) is 15.6. The first-order valence-electron chi connectivity index (χ1n) is 13.6. The van der Waals surface area contributed by atoms with Crippen LogP contribution in [0.4, 0.5) is 10.5 Å². The quantitative estimate of drug-likeness (QED) is 0.399. The molecule has 218 valence electrons. The number of anilines is 1. The molecule has 2 saturated heterocycles. The molecule has 2 aliphatic heterocycles. The van der Waals surface area contributed by atoms with Crippen molar-refractivity contribution < 1.29 is 23.8 Å². The first kappa shape index (κ1) is 28.9. The molecule has 0 aliphatic carbocycles. The van der Waals surface area contributed by atoms with Crippen LogP contribution in [0, 0.1) is 0 Å². The van der Waals surface area contributed by atoms with Crippen molar-refractivity contribution in [2.24, 2.45) is 0 Å². The highest BCUT2D eigenvalue weighted by atomic mass is 35.5. The molecule has 2 fully saturated rings. The van der Waals surface area contributed by atoms with Gasteiger partial charge in [-0.2, -0.15) is 0 Å². The first-order valence-corrected chi connectivity index (χ1v) is 14.0. The minimum atomic E-state index is -1.03. The topological polar surface area (TPSA) is 110 Å². The summed E-state index contributed by atoms with van der Waals surface area (Å²) in [7, 11) is 1.54. The van der Waals surface area contributed by atoms with Gasteiger partial charge in [0.1, 0.15) is 6.10 Å². The van der Waals surface area contributed by atoms with Gasteiger partial charge in [-0.1, -0.05) is 41.9 Å². The summed E-state index contributed by atoms with van der Waals surface area (Å²) in [5.74, 6) is -1.25. The molecule has 0 bridgehead atoms. The van der Waals surface area contributed by atoms with Crippen molar-refractivity contribution in [2.75, 3.05) is 57.9 Å². The van der Waals surface area contributed by atoms with Gasteiger partial charge in [-0.05, 0) is 23.8 Å². The largest absolute Gasteiger partial charge is 0.369 e. The summed E-state index contributed by atoms with van der Waals surface area (Å²) >= 11 is 6.53. The van der Waals surface area contributed by atoms with Gasteiger partial charge in [0.05, 0.1) is 39.2 Å². The minimum absolute atomic E-state index is 0.0219. The van der Waals surface area contributed by atoms with Crippen LogP contribution < -0.4 is 15.5 Å². The molecule has 41 heavy (non-hydrogen) atoms. The van der Waals surface area contributed by atoms with Crippen LogP contribution in [0.1, 0.15) is 11.1 Å². The van der Waals surface area contributed by atoms with Gasteiger partial charge < -0.3 is 39.2 Å². The molecule has 1 aromatic heterocycles. The molecule has 11 nitrogen and oxygen atoms in total. The summed E-state index contributed by atoms with van der Waals surface area (Å²) < 4.78 is 20.7. The second kappa shape index (κ2) is 13.3. The van der Waals surface area contributed by atoms with Crippen molar-refractivity contribution in [1.82, 2.24) is 25.1 Å². The van der Waals surface area contributed by atoms with E-state index in [1.165, 1.54) is 0 Å². The summed E-state index contributed by atoms with van der Waals surface area (Å²) in [4.78, 5) is 31.7. The number of aromatic nitrogens is 2. The number of carbonyl (C=O) groups is 2. The average Bonchev–Trinajstić information content (AvgIpc) is 3.53. The predicted octanol–water partition coefficient (Wildman–Crippen LogP) is 2.60. The highest BCUT2D eigenvalue weighted by molar-refractivity contribution is 6.31. The molecule has 2 aromatic carbocycles. The van der Waals surface area contributed by atoms with E-state index in [1.54, 1.807) is 24.5 Å². The van der Waals surface area contributed by atoms with Crippen molar-refractivity contribution in [1.29, 1.82) is 0 Å². The average molecular weight is 583 g/mol.